The summed E-state index contributed by atoms with van der Waals surface area (Å²) in [5.74, 6) is 0.0557. The Kier molecular flexibility index (Phi) is 3.02. The zero-order valence-corrected chi connectivity index (χ0v) is 10.4. The number of nitrogens with two attached hydrogens (primary N) is 2. The second kappa shape index (κ2) is 4.49. The van der Waals surface area contributed by atoms with Gasteiger partial charge in [0.1, 0.15) is 5.82 Å². The van der Waals surface area contributed by atoms with Gasteiger partial charge in [-0.25, -0.2) is 4.98 Å². The number of hydrogen-bond acceptors (Lipinski definition) is 4. The monoisotopic (exact) mass is 241 g/mol. The van der Waals surface area contributed by atoms with Crippen molar-refractivity contribution >= 4 is 17.3 Å². The second-order valence-electron chi connectivity index (χ2n) is 4.31. The molecule has 0 aliphatic carbocycles. The van der Waals surface area contributed by atoms with Crippen LogP contribution in [0, 0.1) is 13.8 Å². The fourth-order valence-corrected chi connectivity index (χ4v) is 1.88. The Morgan fingerprint density at radius 1 is 1.17 bits per heavy atom. The van der Waals surface area contributed by atoms with Crippen LogP contribution in [0.2, 0.25) is 0 Å². The molecule has 2 aromatic rings. The van der Waals surface area contributed by atoms with Gasteiger partial charge >= 0.3 is 0 Å². The van der Waals surface area contributed by atoms with E-state index in [0.29, 0.717) is 16.8 Å². The third kappa shape index (κ3) is 2.05. The van der Waals surface area contributed by atoms with Crippen LogP contribution in [0.4, 0.5) is 11.5 Å². The highest BCUT2D eigenvalue weighted by atomic mass is 16.1. The minimum atomic E-state index is -0.181. The number of nitrogens with zero attached hydrogens (tertiary/aromatic N) is 1. The van der Waals surface area contributed by atoms with Crippen molar-refractivity contribution in [3.63, 3.8) is 0 Å². The van der Waals surface area contributed by atoms with Crippen LogP contribution in [0.25, 0.3) is 0 Å². The van der Waals surface area contributed by atoms with Gasteiger partial charge in [0.2, 0.25) is 0 Å². The summed E-state index contributed by atoms with van der Waals surface area (Å²) in [7, 11) is 0. The SMILES string of the molecule is Cc1ccc(N)c(C(=O)c2c(C)ccnc2N)c1. The van der Waals surface area contributed by atoms with Gasteiger partial charge in [0.15, 0.2) is 5.78 Å². The van der Waals surface area contributed by atoms with Gasteiger partial charge in [0.25, 0.3) is 0 Å². The zero-order chi connectivity index (χ0) is 13.3. The van der Waals surface area contributed by atoms with Crippen molar-refractivity contribution in [2.45, 2.75) is 13.8 Å². The first kappa shape index (κ1) is 12.1. The first-order valence-corrected chi connectivity index (χ1v) is 5.62. The molecule has 1 heterocycles. The lowest BCUT2D eigenvalue weighted by Crippen LogP contribution is -2.11. The average Bonchev–Trinajstić information content (AvgIpc) is 2.32. The van der Waals surface area contributed by atoms with Crippen molar-refractivity contribution in [1.29, 1.82) is 0 Å². The molecule has 0 unspecified atom stereocenters. The molecular weight excluding hydrogens is 226 g/mol. The maximum atomic E-state index is 12.5. The van der Waals surface area contributed by atoms with Crippen LogP contribution in [-0.2, 0) is 0 Å². The fraction of sp³-hybridized carbons (Fsp3) is 0.143. The first-order chi connectivity index (χ1) is 8.50. The van der Waals surface area contributed by atoms with Gasteiger partial charge in [-0.1, -0.05) is 11.6 Å². The molecule has 0 saturated carbocycles. The highest BCUT2D eigenvalue weighted by Gasteiger charge is 2.18. The topological polar surface area (TPSA) is 82.0 Å². The molecule has 0 aliphatic rings. The summed E-state index contributed by atoms with van der Waals surface area (Å²) in [5.41, 5.74) is 14.7. The lowest BCUT2D eigenvalue weighted by atomic mass is 9.97. The summed E-state index contributed by atoms with van der Waals surface area (Å²) in [5, 5.41) is 0. The summed E-state index contributed by atoms with van der Waals surface area (Å²) in [6, 6.07) is 7.12. The third-order valence-electron chi connectivity index (χ3n) is 2.87. The van der Waals surface area contributed by atoms with Crippen molar-refractivity contribution in [3.05, 3.63) is 52.7 Å². The number of rotatable bonds is 2. The molecule has 4 heteroatoms. The number of carbonyl (C=O) groups is 1. The molecular formula is C14H15N3O. The lowest BCUT2D eigenvalue weighted by molar-refractivity contribution is 0.103. The molecule has 1 aromatic carbocycles. The van der Waals surface area contributed by atoms with E-state index in [1.54, 1.807) is 24.4 Å². The smallest absolute Gasteiger partial charge is 0.199 e. The largest absolute Gasteiger partial charge is 0.398 e. The van der Waals surface area contributed by atoms with E-state index < -0.39 is 0 Å². The van der Waals surface area contributed by atoms with Crippen molar-refractivity contribution in [1.82, 2.24) is 4.98 Å². The first-order valence-electron chi connectivity index (χ1n) is 5.62. The molecule has 18 heavy (non-hydrogen) atoms. The number of nitrogen functional groups attached to an aromatic ring is 2. The van der Waals surface area contributed by atoms with Gasteiger partial charge in [0, 0.05) is 17.4 Å². The normalized spacial score (nSPS) is 10.3. The van der Waals surface area contributed by atoms with E-state index in [1.165, 1.54) is 0 Å². The van der Waals surface area contributed by atoms with Crippen LogP contribution >= 0.6 is 0 Å². The Hall–Kier alpha value is -2.36. The highest BCUT2D eigenvalue weighted by Crippen LogP contribution is 2.22. The lowest BCUT2D eigenvalue weighted by Gasteiger charge is -2.10. The van der Waals surface area contributed by atoms with Crippen LogP contribution in [-0.4, -0.2) is 10.8 Å². The molecule has 0 atom stereocenters. The summed E-state index contributed by atoms with van der Waals surface area (Å²) in [6.07, 6.45) is 1.58. The van der Waals surface area contributed by atoms with Crippen molar-refractivity contribution in [2.75, 3.05) is 11.5 Å². The van der Waals surface area contributed by atoms with Crippen molar-refractivity contribution < 1.29 is 4.79 Å². The minimum absolute atomic E-state index is 0.181. The average molecular weight is 241 g/mol. The van der Waals surface area contributed by atoms with Gasteiger partial charge in [-0.05, 0) is 37.6 Å². The van der Waals surface area contributed by atoms with Gasteiger partial charge in [-0.3, -0.25) is 4.79 Å². The van der Waals surface area contributed by atoms with Gasteiger partial charge in [-0.15, -0.1) is 0 Å². The molecule has 4 nitrogen and oxygen atoms in total. The molecule has 0 fully saturated rings. The quantitative estimate of drug-likeness (QED) is 0.623. The summed E-state index contributed by atoms with van der Waals surface area (Å²) < 4.78 is 0. The zero-order valence-electron chi connectivity index (χ0n) is 10.4. The number of pyridine rings is 1. The molecule has 0 saturated heterocycles. The molecule has 0 amide bonds. The minimum Gasteiger partial charge on any atom is -0.398 e. The Balaban J connectivity index is 2.58. The Morgan fingerprint density at radius 2 is 1.89 bits per heavy atom. The van der Waals surface area contributed by atoms with Crippen LogP contribution < -0.4 is 11.5 Å². The molecule has 0 bridgehead atoms. The number of benzene rings is 1. The standard InChI is InChI=1S/C14H15N3O/c1-8-3-4-11(15)10(7-8)13(18)12-9(2)5-6-17-14(12)16/h3-7H,15H2,1-2H3,(H2,16,17). The summed E-state index contributed by atoms with van der Waals surface area (Å²) >= 11 is 0. The van der Waals surface area contributed by atoms with Gasteiger partial charge in [0.05, 0.1) is 5.56 Å². The van der Waals surface area contributed by atoms with E-state index in [9.17, 15) is 4.79 Å². The van der Waals surface area contributed by atoms with E-state index in [1.807, 2.05) is 19.9 Å². The van der Waals surface area contributed by atoms with Crippen LogP contribution in [0.15, 0.2) is 30.5 Å². The number of aromatic nitrogens is 1. The molecule has 1 aromatic heterocycles. The van der Waals surface area contributed by atoms with E-state index in [2.05, 4.69) is 4.98 Å². The molecule has 0 spiro atoms. The Bertz CT molecular complexity index is 600. The summed E-state index contributed by atoms with van der Waals surface area (Å²) in [4.78, 5) is 16.4. The Labute approximate surface area is 106 Å². The molecule has 4 N–H and O–H groups in total. The molecule has 0 radical (unpaired) electrons. The third-order valence-corrected chi connectivity index (χ3v) is 2.87. The predicted molar refractivity (Wildman–Crippen MR) is 72.4 cm³/mol. The van der Waals surface area contributed by atoms with Crippen LogP contribution in [0.5, 0.6) is 0 Å². The van der Waals surface area contributed by atoms with Crippen molar-refractivity contribution in [2.24, 2.45) is 0 Å². The van der Waals surface area contributed by atoms with E-state index >= 15 is 0 Å². The molecule has 92 valence electrons. The predicted octanol–water partition coefficient (Wildman–Crippen LogP) is 2.09. The van der Waals surface area contributed by atoms with Gasteiger partial charge < -0.3 is 11.5 Å². The number of ketones is 1. The second-order valence-corrected chi connectivity index (χ2v) is 4.31. The maximum Gasteiger partial charge on any atom is 0.199 e. The van der Waals surface area contributed by atoms with Crippen molar-refractivity contribution in [3.8, 4) is 0 Å². The van der Waals surface area contributed by atoms with Crippen LogP contribution in [0.1, 0.15) is 27.0 Å². The van der Waals surface area contributed by atoms with E-state index in [4.69, 9.17) is 11.5 Å². The number of anilines is 2. The fourth-order valence-electron chi connectivity index (χ4n) is 1.88. The Morgan fingerprint density at radius 3 is 2.56 bits per heavy atom. The number of carbonyl (C=O) groups excluding carboxylic acids is 1. The molecule has 2 rings (SSSR count). The van der Waals surface area contributed by atoms with Crippen LogP contribution in [0.3, 0.4) is 0 Å². The maximum absolute atomic E-state index is 12.5. The van der Waals surface area contributed by atoms with Gasteiger partial charge in [-0.2, -0.15) is 0 Å². The highest BCUT2D eigenvalue weighted by molar-refractivity contribution is 6.15. The number of aryl methyl sites for hydroxylation is 2. The van der Waals surface area contributed by atoms with E-state index in [0.717, 1.165) is 11.1 Å². The number of hydrogen-bond donors (Lipinski definition) is 2. The van der Waals surface area contributed by atoms with E-state index in [-0.39, 0.29) is 11.6 Å². The summed E-state index contributed by atoms with van der Waals surface area (Å²) in [6.45, 7) is 3.74. The molecule has 0 aliphatic heterocycles.